The molecule has 4 rings (SSSR count). The molecule has 1 atom stereocenters. The fourth-order valence-corrected chi connectivity index (χ4v) is 3.96. The van der Waals surface area contributed by atoms with E-state index in [9.17, 15) is 14.4 Å². The molecular weight excluding hydrogens is 382 g/mol. The minimum absolute atomic E-state index is 0.0924. The van der Waals surface area contributed by atoms with E-state index in [0.717, 1.165) is 18.7 Å². The largest absolute Gasteiger partial charge is 0.492 e. The SMILES string of the molecule is CCOc1ccccc1N1CC(C(=O)Nc2ccc(N3CCCC3=O)cc2)CC1=O. The predicted octanol–water partition coefficient (Wildman–Crippen LogP) is 3.20. The molecule has 30 heavy (non-hydrogen) atoms. The van der Waals surface area contributed by atoms with E-state index in [1.165, 1.54) is 0 Å². The summed E-state index contributed by atoms with van der Waals surface area (Å²) in [5.41, 5.74) is 2.18. The molecule has 2 aromatic rings. The minimum atomic E-state index is -0.438. The number of hydrogen-bond acceptors (Lipinski definition) is 4. The maximum Gasteiger partial charge on any atom is 0.229 e. The smallest absolute Gasteiger partial charge is 0.229 e. The van der Waals surface area contributed by atoms with Gasteiger partial charge in [-0.1, -0.05) is 12.1 Å². The molecule has 0 aliphatic carbocycles. The summed E-state index contributed by atoms with van der Waals surface area (Å²) in [4.78, 5) is 40.6. The maximum atomic E-state index is 12.8. The van der Waals surface area contributed by atoms with E-state index in [1.54, 1.807) is 21.9 Å². The molecule has 2 saturated heterocycles. The fraction of sp³-hybridized carbons (Fsp3) is 0.348. The zero-order chi connectivity index (χ0) is 21.1. The van der Waals surface area contributed by atoms with Crippen molar-refractivity contribution in [3.63, 3.8) is 0 Å². The molecule has 2 aliphatic heterocycles. The predicted molar refractivity (Wildman–Crippen MR) is 115 cm³/mol. The van der Waals surface area contributed by atoms with E-state index in [1.807, 2.05) is 43.3 Å². The Bertz CT molecular complexity index is 957. The maximum absolute atomic E-state index is 12.8. The van der Waals surface area contributed by atoms with Crippen LogP contribution in [0.2, 0.25) is 0 Å². The van der Waals surface area contributed by atoms with Crippen molar-refractivity contribution in [2.75, 3.05) is 34.8 Å². The number of para-hydroxylation sites is 2. The molecule has 0 aromatic heterocycles. The molecule has 2 fully saturated rings. The number of benzene rings is 2. The first kappa shape index (κ1) is 19.9. The molecule has 2 aromatic carbocycles. The van der Waals surface area contributed by atoms with Crippen LogP contribution in [-0.2, 0) is 14.4 Å². The van der Waals surface area contributed by atoms with Crippen LogP contribution in [0.4, 0.5) is 17.1 Å². The van der Waals surface area contributed by atoms with Gasteiger partial charge in [-0.2, -0.15) is 0 Å². The van der Waals surface area contributed by atoms with Crippen LogP contribution in [0, 0.1) is 5.92 Å². The quantitative estimate of drug-likeness (QED) is 0.798. The van der Waals surface area contributed by atoms with Crippen LogP contribution in [0.25, 0.3) is 0 Å². The lowest BCUT2D eigenvalue weighted by atomic mass is 10.1. The summed E-state index contributed by atoms with van der Waals surface area (Å²) in [5, 5.41) is 2.89. The molecule has 0 saturated carbocycles. The second kappa shape index (κ2) is 8.57. The second-order valence-corrected chi connectivity index (χ2v) is 7.49. The fourth-order valence-electron chi connectivity index (χ4n) is 3.96. The van der Waals surface area contributed by atoms with Crippen LogP contribution in [-0.4, -0.2) is 37.4 Å². The zero-order valence-electron chi connectivity index (χ0n) is 17.0. The van der Waals surface area contributed by atoms with Crippen LogP contribution >= 0.6 is 0 Å². The summed E-state index contributed by atoms with van der Waals surface area (Å²) in [6.45, 7) is 3.44. The molecule has 3 amide bonds. The Balaban J connectivity index is 1.41. The zero-order valence-corrected chi connectivity index (χ0v) is 17.0. The average Bonchev–Trinajstić information content (AvgIpc) is 3.35. The van der Waals surface area contributed by atoms with E-state index in [4.69, 9.17) is 4.74 Å². The molecule has 7 heteroatoms. The Labute approximate surface area is 175 Å². The Morgan fingerprint density at radius 3 is 2.53 bits per heavy atom. The third-order valence-electron chi connectivity index (χ3n) is 5.47. The molecular formula is C23H25N3O4. The monoisotopic (exact) mass is 407 g/mol. The molecule has 0 spiro atoms. The second-order valence-electron chi connectivity index (χ2n) is 7.49. The van der Waals surface area contributed by atoms with E-state index >= 15 is 0 Å². The summed E-state index contributed by atoms with van der Waals surface area (Å²) in [5.74, 6) is 0.0482. The van der Waals surface area contributed by atoms with Crippen molar-refractivity contribution < 1.29 is 19.1 Å². The van der Waals surface area contributed by atoms with Crippen molar-refractivity contribution in [3.05, 3.63) is 48.5 Å². The Hall–Kier alpha value is -3.35. The van der Waals surface area contributed by atoms with Crippen LogP contribution in [0.1, 0.15) is 26.2 Å². The highest BCUT2D eigenvalue weighted by Crippen LogP contribution is 2.33. The highest BCUT2D eigenvalue weighted by Gasteiger charge is 2.36. The van der Waals surface area contributed by atoms with Gasteiger partial charge in [0.25, 0.3) is 0 Å². The molecule has 2 heterocycles. The Morgan fingerprint density at radius 1 is 1.07 bits per heavy atom. The van der Waals surface area contributed by atoms with Crippen molar-refractivity contribution in [1.82, 2.24) is 0 Å². The van der Waals surface area contributed by atoms with Crippen molar-refractivity contribution in [1.29, 1.82) is 0 Å². The number of hydrogen-bond donors (Lipinski definition) is 1. The van der Waals surface area contributed by atoms with E-state index in [-0.39, 0.29) is 24.1 Å². The van der Waals surface area contributed by atoms with E-state index in [2.05, 4.69) is 5.32 Å². The molecule has 2 aliphatic rings. The van der Waals surface area contributed by atoms with Gasteiger partial charge in [-0.15, -0.1) is 0 Å². The lowest BCUT2D eigenvalue weighted by Crippen LogP contribution is -2.28. The molecule has 0 bridgehead atoms. The summed E-state index contributed by atoms with van der Waals surface area (Å²) < 4.78 is 5.63. The van der Waals surface area contributed by atoms with Gasteiger partial charge in [0.15, 0.2) is 0 Å². The van der Waals surface area contributed by atoms with Crippen LogP contribution in [0.3, 0.4) is 0 Å². The summed E-state index contributed by atoms with van der Waals surface area (Å²) in [7, 11) is 0. The van der Waals surface area contributed by atoms with Crippen molar-refractivity contribution in [3.8, 4) is 5.75 Å². The van der Waals surface area contributed by atoms with Crippen molar-refractivity contribution in [2.45, 2.75) is 26.2 Å². The highest BCUT2D eigenvalue weighted by atomic mass is 16.5. The molecule has 1 unspecified atom stereocenters. The van der Waals surface area contributed by atoms with Gasteiger partial charge in [0.2, 0.25) is 17.7 Å². The number of nitrogens with one attached hydrogen (secondary N) is 1. The van der Waals surface area contributed by atoms with Gasteiger partial charge >= 0.3 is 0 Å². The molecule has 0 radical (unpaired) electrons. The van der Waals surface area contributed by atoms with E-state index < -0.39 is 5.92 Å². The van der Waals surface area contributed by atoms with Gasteiger partial charge in [0, 0.05) is 37.3 Å². The van der Waals surface area contributed by atoms with Gasteiger partial charge in [0.1, 0.15) is 5.75 Å². The first-order valence-corrected chi connectivity index (χ1v) is 10.3. The van der Waals surface area contributed by atoms with Crippen LogP contribution < -0.4 is 19.9 Å². The third-order valence-corrected chi connectivity index (χ3v) is 5.47. The molecule has 156 valence electrons. The number of ether oxygens (including phenoxy) is 1. The van der Waals surface area contributed by atoms with Gasteiger partial charge in [-0.25, -0.2) is 0 Å². The summed E-state index contributed by atoms with van der Waals surface area (Å²) in [6, 6.07) is 14.6. The first-order chi connectivity index (χ1) is 14.6. The highest BCUT2D eigenvalue weighted by molar-refractivity contribution is 6.04. The van der Waals surface area contributed by atoms with Crippen molar-refractivity contribution in [2.24, 2.45) is 5.92 Å². The lowest BCUT2D eigenvalue weighted by molar-refractivity contribution is -0.122. The summed E-state index contributed by atoms with van der Waals surface area (Å²) in [6.07, 6.45) is 1.61. The molecule has 7 nitrogen and oxygen atoms in total. The van der Waals surface area contributed by atoms with Crippen molar-refractivity contribution >= 4 is 34.8 Å². The van der Waals surface area contributed by atoms with Crippen LogP contribution in [0.15, 0.2) is 48.5 Å². The number of nitrogens with zero attached hydrogens (tertiary/aromatic N) is 2. The number of rotatable bonds is 6. The first-order valence-electron chi connectivity index (χ1n) is 10.3. The number of carbonyl (C=O) groups is 3. The average molecular weight is 407 g/mol. The van der Waals surface area contributed by atoms with Gasteiger partial charge in [-0.05, 0) is 49.7 Å². The normalized spacial score (nSPS) is 18.8. The van der Waals surface area contributed by atoms with Gasteiger partial charge in [0.05, 0.1) is 18.2 Å². The molecule has 1 N–H and O–H groups in total. The van der Waals surface area contributed by atoms with Crippen LogP contribution in [0.5, 0.6) is 5.75 Å². The van der Waals surface area contributed by atoms with Gasteiger partial charge in [-0.3, -0.25) is 14.4 Å². The standard InChI is InChI=1S/C23H25N3O4/c1-2-30-20-7-4-3-6-19(20)26-15-16(14-22(26)28)23(29)24-17-9-11-18(12-10-17)25-13-5-8-21(25)27/h3-4,6-7,9-12,16H,2,5,8,13-15H2,1H3,(H,24,29). The number of anilines is 3. The Kier molecular flexibility index (Phi) is 5.70. The lowest BCUT2D eigenvalue weighted by Gasteiger charge is -2.20. The number of amides is 3. The Morgan fingerprint density at radius 2 is 1.83 bits per heavy atom. The minimum Gasteiger partial charge on any atom is -0.492 e. The van der Waals surface area contributed by atoms with E-state index in [0.29, 0.717) is 36.7 Å². The third kappa shape index (κ3) is 4.01. The topological polar surface area (TPSA) is 79.0 Å². The van der Waals surface area contributed by atoms with Gasteiger partial charge < -0.3 is 19.9 Å². The summed E-state index contributed by atoms with van der Waals surface area (Å²) >= 11 is 0. The number of carbonyl (C=O) groups excluding carboxylic acids is 3.